The molecule has 2 N–H and O–H groups in total. The van der Waals surface area contributed by atoms with Crippen molar-refractivity contribution in [3.63, 3.8) is 0 Å². The van der Waals surface area contributed by atoms with Crippen LogP contribution in [0.25, 0.3) is 0 Å². The quantitative estimate of drug-likeness (QED) is 0.802. The maximum absolute atomic E-state index is 12.8. The zero-order chi connectivity index (χ0) is 17.9. The summed E-state index contributed by atoms with van der Waals surface area (Å²) in [4.78, 5) is 35.6. The molecule has 1 fully saturated rings. The number of methoxy groups -OCH3 is 1. The summed E-state index contributed by atoms with van der Waals surface area (Å²) in [6.45, 7) is 2.41. The second-order valence-corrected chi connectivity index (χ2v) is 5.68. The van der Waals surface area contributed by atoms with E-state index in [2.05, 4.69) is 10.1 Å². The average Bonchev–Trinajstić information content (AvgIpc) is 2.88. The number of nitrogens with one attached hydrogen (secondary N) is 1. The van der Waals surface area contributed by atoms with Gasteiger partial charge in [0.2, 0.25) is 5.91 Å². The van der Waals surface area contributed by atoms with E-state index in [1.807, 2.05) is 0 Å². The minimum Gasteiger partial charge on any atom is -0.480 e. The smallest absolute Gasteiger partial charge is 0.407 e. The number of carbonyl (C=O) groups excluding carboxylic acids is 2. The summed E-state index contributed by atoms with van der Waals surface area (Å²) in [6, 6.07) is -2.74. The largest absolute Gasteiger partial charge is 0.480 e. The molecule has 1 aliphatic heterocycles. The number of alkyl carbamates (subject to hydrolysis) is 1. The third kappa shape index (κ3) is 4.49. The van der Waals surface area contributed by atoms with Gasteiger partial charge in [0.25, 0.3) is 0 Å². The third-order valence-electron chi connectivity index (χ3n) is 3.72. The molecule has 0 aromatic rings. The van der Waals surface area contributed by atoms with Gasteiger partial charge in [-0.2, -0.15) is 13.2 Å². The van der Waals surface area contributed by atoms with Gasteiger partial charge >= 0.3 is 18.2 Å². The van der Waals surface area contributed by atoms with Crippen LogP contribution >= 0.6 is 0 Å². The predicted molar refractivity (Wildman–Crippen MR) is 71.5 cm³/mol. The Hall–Kier alpha value is -2.00. The second kappa shape index (κ2) is 7.05. The van der Waals surface area contributed by atoms with Gasteiger partial charge in [0.15, 0.2) is 0 Å². The lowest BCUT2D eigenvalue weighted by atomic mass is 10.0. The third-order valence-corrected chi connectivity index (χ3v) is 3.72. The summed E-state index contributed by atoms with van der Waals surface area (Å²) >= 11 is 0. The Kier molecular flexibility index (Phi) is 5.84. The molecular formula is C13H19F3N2O5. The van der Waals surface area contributed by atoms with Gasteiger partial charge in [0, 0.05) is 6.54 Å². The summed E-state index contributed by atoms with van der Waals surface area (Å²) < 4.78 is 42.9. The molecule has 1 heterocycles. The van der Waals surface area contributed by atoms with Gasteiger partial charge in [-0.15, -0.1) is 0 Å². The van der Waals surface area contributed by atoms with E-state index in [0.717, 1.165) is 7.11 Å². The van der Waals surface area contributed by atoms with Gasteiger partial charge in [-0.1, -0.05) is 13.8 Å². The molecule has 0 aliphatic carbocycles. The van der Waals surface area contributed by atoms with Crippen LogP contribution in [0.5, 0.6) is 0 Å². The molecule has 1 saturated heterocycles. The number of hydrogen-bond acceptors (Lipinski definition) is 4. The number of likely N-dealkylation sites (tertiary alicyclic amines) is 1. The number of rotatable bonds is 4. The second-order valence-electron chi connectivity index (χ2n) is 5.68. The Bertz CT molecular complexity index is 481. The van der Waals surface area contributed by atoms with Crippen molar-refractivity contribution in [1.82, 2.24) is 10.2 Å². The lowest BCUT2D eigenvalue weighted by molar-refractivity contribution is -0.171. The van der Waals surface area contributed by atoms with Crippen LogP contribution < -0.4 is 5.32 Å². The zero-order valence-corrected chi connectivity index (χ0v) is 12.9. The summed E-state index contributed by atoms with van der Waals surface area (Å²) in [6.07, 6.45) is -6.21. The van der Waals surface area contributed by atoms with E-state index < -0.39 is 61.0 Å². The summed E-state index contributed by atoms with van der Waals surface area (Å²) in [5.74, 6) is -4.74. The standard InChI is InChI=1S/C13H19F3N2O5/c1-6(2)9(17-12(22)23-3)10(19)18-5-7(13(14,15)16)4-8(18)11(20)21/h6-9H,4-5H2,1-3H3,(H,17,22)(H,20,21)/t7-,8-,9-/m0/s1. The topological polar surface area (TPSA) is 95.9 Å². The molecule has 0 bridgehead atoms. The van der Waals surface area contributed by atoms with Crippen molar-refractivity contribution in [2.24, 2.45) is 11.8 Å². The van der Waals surface area contributed by atoms with Gasteiger partial charge in [-0.25, -0.2) is 9.59 Å². The molecule has 0 saturated carbocycles. The first kappa shape index (κ1) is 19.0. The fraction of sp³-hybridized carbons (Fsp3) is 0.769. The van der Waals surface area contributed by atoms with Crippen LogP contribution in [0.2, 0.25) is 0 Å². The van der Waals surface area contributed by atoms with Crippen molar-refractivity contribution in [2.45, 2.75) is 38.5 Å². The van der Waals surface area contributed by atoms with E-state index in [0.29, 0.717) is 4.90 Å². The van der Waals surface area contributed by atoms with E-state index in [1.54, 1.807) is 13.8 Å². The molecule has 0 aromatic heterocycles. The first-order valence-electron chi connectivity index (χ1n) is 6.93. The van der Waals surface area contributed by atoms with Crippen molar-refractivity contribution in [3.05, 3.63) is 0 Å². The highest BCUT2D eigenvalue weighted by atomic mass is 19.4. The Morgan fingerprint density at radius 2 is 1.87 bits per heavy atom. The average molecular weight is 340 g/mol. The number of amides is 2. The van der Waals surface area contributed by atoms with Crippen LogP contribution in [0.3, 0.4) is 0 Å². The molecule has 1 rings (SSSR count). The fourth-order valence-electron chi connectivity index (χ4n) is 2.43. The molecule has 23 heavy (non-hydrogen) atoms. The van der Waals surface area contributed by atoms with Gasteiger partial charge in [0.1, 0.15) is 12.1 Å². The van der Waals surface area contributed by atoms with E-state index in [-0.39, 0.29) is 0 Å². The fourth-order valence-corrected chi connectivity index (χ4v) is 2.43. The van der Waals surface area contributed by atoms with Crippen LogP contribution in [-0.2, 0) is 14.3 Å². The number of carboxylic acid groups (broad SMARTS) is 1. The number of aliphatic carboxylic acids is 1. The SMILES string of the molecule is COC(=O)N[C@H](C(=O)N1C[C@@H](C(F)(F)F)C[C@H]1C(=O)O)C(C)C. The highest BCUT2D eigenvalue weighted by molar-refractivity contribution is 5.90. The van der Waals surface area contributed by atoms with E-state index in [1.165, 1.54) is 0 Å². The lowest BCUT2D eigenvalue weighted by Crippen LogP contribution is -2.54. The molecule has 0 radical (unpaired) electrons. The molecule has 2 amide bonds. The maximum Gasteiger partial charge on any atom is 0.407 e. The molecule has 1 aliphatic rings. The minimum atomic E-state index is -4.59. The van der Waals surface area contributed by atoms with Crippen LogP contribution in [-0.4, -0.2) is 59.9 Å². The van der Waals surface area contributed by atoms with E-state index in [4.69, 9.17) is 5.11 Å². The number of carbonyl (C=O) groups is 3. The number of ether oxygens (including phenoxy) is 1. The van der Waals surface area contributed by atoms with Gasteiger partial charge in [0.05, 0.1) is 13.0 Å². The number of alkyl halides is 3. The molecule has 7 nitrogen and oxygen atoms in total. The molecule has 0 unspecified atom stereocenters. The Balaban J connectivity index is 3.01. The highest BCUT2D eigenvalue weighted by Gasteiger charge is 2.52. The van der Waals surface area contributed by atoms with Crippen molar-refractivity contribution in [1.29, 1.82) is 0 Å². The molecule has 0 spiro atoms. The highest BCUT2D eigenvalue weighted by Crippen LogP contribution is 2.37. The predicted octanol–water partition coefficient (Wildman–Crippen LogP) is 1.23. The Morgan fingerprint density at radius 3 is 2.26 bits per heavy atom. The van der Waals surface area contributed by atoms with E-state index in [9.17, 15) is 27.6 Å². The molecule has 132 valence electrons. The normalized spacial score (nSPS) is 22.8. The van der Waals surface area contributed by atoms with E-state index >= 15 is 0 Å². The Labute approximate surface area is 130 Å². The number of hydrogen-bond donors (Lipinski definition) is 2. The monoisotopic (exact) mass is 340 g/mol. The first-order valence-corrected chi connectivity index (χ1v) is 6.93. The number of halogens is 3. The van der Waals surface area contributed by atoms with Gasteiger partial charge < -0.3 is 20.1 Å². The summed E-state index contributed by atoms with van der Waals surface area (Å²) in [5, 5.41) is 11.3. The lowest BCUT2D eigenvalue weighted by Gasteiger charge is -2.29. The van der Waals surface area contributed by atoms with Crippen LogP contribution in [0, 0.1) is 11.8 Å². The summed E-state index contributed by atoms with van der Waals surface area (Å²) in [5.41, 5.74) is 0. The van der Waals surface area contributed by atoms with Gasteiger partial charge in [-0.3, -0.25) is 4.79 Å². The molecule has 10 heteroatoms. The van der Waals surface area contributed by atoms with Gasteiger partial charge in [-0.05, 0) is 12.3 Å². The van der Waals surface area contributed by atoms with Crippen molar-refractivity contribution < 1.29 is 37.4 Å². The summed E-state index contributed by atoms with van der Waals surface area (Å²) in [7, 11) is 1.08. The van der Waals surface area contributed by atoms with Crippen LogP contribution in [0.15, 0.2) is 0 Å². The zero-order valence-electron chi connectivity index (χ0n) is 12.9. The van der Waals surface area contributed by atoms with Crippen LogP contribution in [0.4, 0.5) is 18.0 Å². The van der Waals surface area contributed by atoms with Crippen molar-refractivity contribution >= 4 is 18.0 Å². The van der Waals surface area contributed by atoms with Crippen molar-refractivity contribution in [2.75, 3.05) is 13.7 Å². The molecule has 3 atom stereocenters. The first-order chi connectivity index (χ1) is 10.5. The Morgan fingerprint density at radius 1 is 1.30 bits per heavy atom. The maximum atomic E-state index is 12.8. The van der Waals surface area contributed by atoms with Crippen molar-refractivity contribution in [3.8, 4) is 0 Å². The molecular weight excluding hydrogens is 321 g/mol. The van der Waals surface area contributed by atoms with Crippen LogP contribution in [0.1, 0.15) is 20.3 Å². The number of nitrogens with zero attached hydrogens (tertiary/aromatic N) is 1. The number of carboxylic acids is 1. The molecule has 0 aromatic carbocycles. The minimum absolute atomic E-state index is 0.457.